The lowest BCUT2D eigenvalue weighted by Gasteiger charge is -2.30. The summed E-state index contributed by atoms with van der Waals surface area (Å²) in [5.74, 6) is -0.564. The Hall–Kier alpha value is -1.98. The van der Waals surface area contributed by atoms with Gasteiger partial charge in [0.15, 0.2) is 12.1 Å². The molecule has 3 aliphatic rings. The fourth-order valence-corrected chi connectivity index (χ4v) is 3.57. The zero-order valence-corrected chi connectivity index (χ0v) is 13.8. The molecular formula is C19H20O5. The number of ether oxygens (including phenoxy) is 3. The smallest absolute Gasteiger partial charge is 0.341 e. The second kappa shape index (κ2) is 5.53. The predicted octanol–water partition coefficient (Wildman–Crippen LogP) is 3.43. The Kier molecular flexibility index (Phi) is 3.58. The fourth-order valence-electron chi connectivity index (χ4n) is 3.57. The number of hydrogen-bond acceptors (Lipinski definition) is 5. The minimum atomic E-state index is -0.878. The van der Waals surface area contributed by atoms with Gasteiger partial charge in [0.1, 0.15) is 0 Å². The van der Waals surface area contributed by atoms with E-state index in [-0.39, 0.29) is 11.2 Å². The van der Waals surface area contributed by atoms with Crippen LogP contribution in [-0.4, -0.2) is 24.6 Å². The number of carbonyl (C=O) groups excluding carboxylic acids is 2. The van der Waals surface area contributed by atoms with E-state index >= 15 is 0 Å². The van der Waals surface area contributed by atoms with Crippen molar-refractivity contribution in [3.05, 3.63) is 46.5 Å². The largest absolute Gasteiger partial charge is 0.427 e. The molecule has 5 heteroatoms. The first-order valence-electron chi connectivity index (χ1n) is 8.36. The van der Waals surface area contributed by atoms with Gasteiger partial charge in [-0.3, -0.25) is 4.79 Å². The molecule has 0 aromatic heterocycles. The topological polar surface area (TPSA) is 61.8 Å². The van der Waals surface area contributed by atoms with Gasteiger partial charge in [0.2, 0.25) is 6.29 Å². The van der Waals surface area contributed by atoms with E-state index in [1.165, 1.54) is 0 Å². The highest BCUT2D eigenvalue weighted by Gasteiger charge is 2.41. The molecular weight excluding hydrogens is 308 g/mol. The monoisotopic (exact) mass is 328 g/mol. The van der Waals surface area contributed by atoms with Crippen LogP contribution in [0.15, 0.2) is 24.3 Å². The highest BCUT2D eigenvalue weighted by atomic mass is 16.8. The number of rotatable bonds is 2. The Morgan fingerprint density at radius 3 is 2.79 bits per heavy atom. The van der Waals surface area contributed by atoms with E-state index < -0.39 is 18.5 Å². The predicted molar refractivity (Wildman–Crippen MR) is 85.8 cm³/mol. The van der Waals surface area contributed by atoms with Crippen LogP contribution < -0.4 is 0 Å². The zero-order valence-electron chi connectivity index (χ0n) is 13.8. The van der Waals surface area contributed by atoms with Crippen LogP contribution in [0.3, 0.4) is 0 Å². The van der Waals surface area contributed by atoms with Crippen LogP contribution in [0.1, 0.15) is 71.2 Å². The first-order valence-corrected chi connectivity index (χ1v) is 8.36. The van der Waals surface area contributed by atoms with Gasteiger partial charge >= 0.3 is 5.97 Å². The van der Waals surface area contributed by atoms with Crippen molar-refractivity contribution in [2.24, 2.45) is 0 Å². The van der Waals surface area contributed by atoms with Crippen LogP contribution in [0.5, 0.6) is 0 Å². The zero-order chi connectivity index (χ0) is 16.9. The number of hydrogen-bond donors (Lipinski definition) is 0. The average Bonchev–Trinajstić information content (AvgIpc) is 2.88. The van der Waals surface area contributed by atoms with Crippen molar-refractivity contribution in [1.29, 1.82) is 0 Å². The van der Waals surface area contributed by atoms with Gasteiger partial charge in [0.05, 0.1) is 5.56 Å². The molecule has 0 amide bonds. The summed E-state index contributed by atoms with van der Waals surface area (Å²) in [5.41, 5.74) is 2.11. The first kappa shape index (κ1) is 15.5. The van der Waals surface area contributed by atoms with Gasteiger partial charge in [-0.05, 0) is 37.0 Å². The lowest BCUT2D eigenvalue weighted by atomic mass is 9.74. The van der Waals surface area contributed by atoms with Crippen molar-refractivity contribution in [3.63, 3.8) is 0 Å². The maximum atomic E-state index is 12.5. The van der Waals surface area contributed by atoms with Gasteiger partial charge in [0, 0.05) is 23.1 Å². The molecule has 4 rings (SSSR count). The molecule has 5 nitrogen and oxygen atoms in total. The summed E-state index contributed by atoms with van der Waals surface area (Å²) in [5, 5.41) is 0. The third-order valence-electron chi connectivity index (χ3n) is 4.92. The number of allylic oxidation sites excluding steroid dienone is 2. The standard InChI is InChI=1S/C19H20O5/c1-19(2)9-8-13(20)16-12(19)7-6-11-15(16)18(24-17(11)21)23-14-5-3-4-10-22-14/h6-9,14,18H,3-5,10H2,1-2H3/t14?,18-/m1/s1. The minimum Gasteiger partial charge on any atom is -0.427 e. The molecule has 1 saturated heterocycles. The second-order valence-electron chi connectivity index (χ2n) is 7.04. The van der Waals surface area contributed by atoms with Crippen LogP contribution in [-0.2, 0) is 19.6 Å². The molecule has 0 bridgehead atoms. The number of fused-ring (bicyclic) bond motifs is 3. The molecule has 1 aromatic carbocycles. The van der Waals surface area contributed by atoms with E-state index in [0.29, 0.717) is 23.3 Å². The van der Waals surface area contributed by atoms with Crippen molar-refractivity contribution in [2.75, 3.05) is 6.61 Å². The quantitative estimate of drug-likeness (QED) is 0.778. The number of carbonyl (C=O) groups is 2. The van der Waals surface area contributed by atoms with E-state index in [1.807, 2.05) is 26.0 Å². The number of esters is 1. The van der Waals surface area contributed by atoms with Crippen LogP contribution in [0.25, 0.3) is 0 Å². The highest BCUT2D eigenvalue weighted by Crippen LogP contribution is 2.42. The molecule has 0 N–H and O–H groups in total. The van der Waals surface area contributed by atoms with Gasteiger partial charge < -0.3 is 14.2 Å². The molecule has 0 spiro atoms. The summed E-state index contributed by atoms with van der Waals surface area (Å²) in [6.45, 7) is 4.72. The van der Waals surface area contributed by atoms with Crippen molar-refractivity contribution >= 4 is 11.8 Å². The third-order valence-corrected chi connectivity index (χ3v) is 4.92. The molecule has 0 radical (unpaired) electrons. The van der Waals surface area contributed by atoms with Gasteiger partial charge in [-0.25, -0.2) is 4.79 Å². The van der Waals surface area contributed by atoms with E-state index in [1.54, 1.807) is 12.1 Å². The molecule has 1 unspecified atom stereocenters. The SMILES string of the molecule is CC1(C)C=CC(=O)c2c1ccc1c2[C@H](OC2CCCCO2)OC1=O. The summed E-state index contributed by atoms with van der Waals surface area (Å²) < 4.78 is 16.9. The van der Waals surface area contributed by atoms with Crippen LogP contribution in [0.4, 0.5) is 0 Å². The summed E-state index contributed by atoms with van der Waals surface area (Å²) in [6.07, 6.45) is 4.96. The number of ketones is 1. The molecule has 126 valence electrons. The average molecular weight is 328 g/mol. The molecule has 1 aromatic rings. The summed E-state index contributed by atoms with van der Waals surface area (Å²) >= 11 is 0. The maximum Gasteiger partial charge on any atom is 0.341 e. The maximum absolute atomic E-state index is 12.5. The Balaban J connectivity index is 1.77. The van der Waals surface area contributed by atoms with E-state index in [0.717, 1.165) is 24.8 Å². The van der Waals surface area contributed by atoms with Crippen molar-refractivity contribution in [2.45, 2.75) is 51.1 Å². The van der Waals surface area contributed by atoms with Crippen molar-refractivity contribution in [1.82, 2.24) is 0 Å². The first-order chi connectivity index (χ1) is 11.5. The van der Waals surface area contributed by atoms with Gasteiger partial charge in [-0.1, -0.05) is 26.0 Å². The van der Waals surface area contributed by atoms with E-state index in [9.17, 15) is 9.59 Å². The van der Waals surface area contributed by atoms with Crippen molar-refractivity contribution in [3.8, 4) is 0 Å². The summed E-state index contributed by atoms with van der Waals surface area (Å²) in [7, 11) is 0. The molecule has 1 fully saturated rings. The number of benzene rings is 1. The Labute approximate surface area is 140 Å². The molecule has 1 aliphatic carbocycles. The molecule has 0 saturated carbocycles. The second-order valence-corrected chi connectivity index (χ2v) is 7.04. The molecule has 2 atom stereocenters. The number of cyclic esters (lactones) is 1. The minimum absolute atomic E-state index is 0.113. The van der Waals surface area contributed by atoms with Gasteiger partial charge in [-0.15, -0.1) is 0 Å². The van der Waals surface area contributed by atoms with Crippen LogP contribution >= 0.6 is 0 Å². The van der Waals surface area contributed by atoms with Gasteiger partial charge in [-0.2, -0.15) is 0 Å². The third kappa shape index (κ3) is 2.39. The summed E-state index contributed by atoms with van der Waals surface area (Å²) in [6, 6.07) is 3.58. The fraction of sp³-hybridized carbons (Fsp3) is 0.474. The van der Waals surface area contributed by atoms with Crippen LogP contribution in [0.2, 0.25) is 0 Å². The Morgan fingerprint density at radius 2 is 2.04 bits per heavy atom. The molecule has 2 aliphatic heterocycles. The van der Waals surface area contributed by atoms with Crippen molar-refractivity contribution < 1.29 is 23.8 Å². The normalized spacial score (nSPS) is 27.6. The van der Waals surface area contributed by atoms with Crippen LogP contribution in [0, 0.1) is 0 Å². The Morgan fingerprint density at radius 1 is 1.21 bits per heavy atom. The summed E-state index contributed by atoms with van der Waals surface area (Å²) in [4.78, 5) is 24.7. The highest BCUT2D eigenvalue weighted by molar-refractivity contribution is 6.11. The Bertz CT molecular complexity index is 740. The lowest BCUT2D eigenvalue weighted by Crippen LogP contribution is -2.27. The molecule has 2 heterocycles. The molecule has 24 heavy (non-hydrogen) atoms. The van der Waals surface area contributed by atoms with Gasteiger partial charge in [0.25, 0.3) is 0 Å². The van der Waals surface area contributed by atoms with E-state index in [4.69, 9.17) is 14.2 Å². The lowest BCUT2D eigenvalue weighted by molar-refractivity contribution is -0.239. The van der Waals surface area contributed by atoms with E-state index in [2.05, 4.69) is 0 Å².